The van der Waals surface area contributed by atoms with E-state index < -0.39 is 6.10 Å². The Bertz CT molecular complexity index is 592. The Balaban J connectivity index is 1.87. The molecular formula is C17H22NO4+. The molecule has 0 spiro atoms. The van der Waals surface area contributed by atoms with Gasteiger partial charge in [0, 0.05) is 12.5 Å². The molecule has 2 atom stereocenters. The monoisotopic (exact) mass is 304 g/mol. The van der Waals surface area contributed by atoms with Gasteiger partial charge in [0.1, 0.15) is 29.9 Å². The number of aliphatic hydroxyl groups excluding tert-OH is 1. The van der Waals surface area contributed by atoms with Crippen LogP contribution in [0.5, 0.6) is 17.2 Å². The summed E-state index contributed by atoms with van der Waals surface area (Å²) in [7, 11) is 0. The number of phenols is 3. The number of quaternary nitrogens is 1. The van der Waals surface area contributed by atoms with E-state index in [2.05, 4.69) is 6.92 Å². The quantitative estimate of drug-likeness (QED) is 0.550. The van der Waals surface area contributed by atoms with Gasteiger partial charge in [-0.15, -0.1) is 0 Å². The fourth-order valence-electron chi connectivity index (χ4n) is 2.39. The maximum absolute atomic E-state index is 10.1. The average molecular weight is 304 g/mol. The Morgan fingerprint density at radius 2 is 1.50 bits per heavy atom. The van der Waals surface area contributed by atoms with Gasteiger partial charge in [-0.1, -0.05) is 12.1 Å². The smallest absolute Gasteiger partial charge is 0.128 e. The summed E-state index contributed by atoms with van der Waals surface area (Å²) in [5, 5.41) is 40.3. The Morgan fingerprint density at radius 1 is 0.909 bits per heavy atom. The minimum absolute atomic E-state index is 0.0637. The highest BCUT2D eigenvalue weighted by atomic mass is 16.3. The lowest BCUT2D eigenvalue weighted by Crippen LogP contribution is -2.90. The van der Waals surface area contributed by atoms with E-state index in [1.54, 1.807) is 12.1 Å². The molecule has 5 nitrogen and oxygen atoms in total. The summed E-state index contributed by atoms with van der Waals surface area (Å²) < 4.78 is 0. The third-order valence-corrected chi connectivity index (χ3v) is 3.57. The van der Waals surface area contributed by atoms with E-state index in [9.17, 15) is 20.4 Å². The zero-order valence-electron chi connectivity index (χ0n) is 12.5. The Hall–Kier alpha value is -2.24. The van der Waals surface area contributed by atoms with Gasteiger partial charge < -0.3 is 25.7 Å². The average Bonchev–Trinajstić information content (AvgIpc) is 2.46. The van der Waals surface area contributed by atoms with E-state index in [1.165, 1.54) is 18.2 Å². The van der Waals surface area contributed by atoms with E-state index in [0.29, 0.717) is 12.1 Å². The van der Waals surface area contributed by atoms with Crippen molar-refractivity contribution < 1.29 is 25.7 Å². The summed E-state index contributed by atoms with van der Waals surface area (Å²) in [5.41, 5.74) is 1.61. The van der Waals surface area contributed by atoms with E-state index in [4.69, 9.17) is 0 Å². The molecule has 0 fully saturated rings. The number of hydrogen-bond donors (Lipinski definition) is 5. The Kier molecular flexibility index (Phi) is 5.25. The van der Waals surface area contributed by atoms with Crippen LogP contribution in [-0.2, 0) is 6.42 Å². The fraction of sp³-hybridized carbons (Fsp3) is 0.294. The predicted octanol–water partition coefficient (Wildman–Crippen LogP) is 1.03. The van der Waals surface area contributed by atoms with Crippen LogP contribution in [0, 0.1) is 0 Å². The molecule has 0 bridgehead atoms. The topological polar surface area (TPSA) is 97.5 Å². The minimum atomic E-state index is -0.764. The number of aromatic hydroxyl groups is 3. The van der Waals surface area contributed by atoms with Crippen molar-refractivity contribution >= 4 is 0 Å². The molecule has 0 aliphatic carbocycles. The molecule has 0 aliphatic heterocycles. The number of aliphatic hydroxyl groups is 1. The Labute approximate surface area is 129 Å². The molecular weight excluding hydrogens is 282 g/mol. The maximum atomic E-state index is 10.1. The van der Waals surface area contributed by atoms with Crippen LogP contribution in [0.1, 0.15) is 24.2 Å². The zero-order valence-corrected chi connectivity index (χ0v) is 12.5. The summed E-state index contributed by atoms with van der Waals surface area (Å²) in [6, 6.07) is 11.5. The van der Waals surface area contributed by atoms with Crippen LogP contribution >= 0.6 is 0 Å². The standard InChI is InChI=1S/C17H21NO4/c1-11(6-12-2-4-14(19)5-3-12)18-10-17(22)13-7-15(20)9-16(21)8-13/h2-5,7-9,11,17-22H,6,10H2,1H3/p+1/t11-,17-/m0/s1. The highest BCUT2D eigenvalue weighted by Crippen LogP contribution is 2.24. The summed E-state index contributed by atoms with van der Waals surface area (Å²) in [4.78, 5) is 0. The summed E-state index contributed by atoms with van der Waals surface area (Å²) in [5.74, 6) is 0.122. The second-order valence-corrected chi connectivity index (χ2v) is 5.62. The second kappa shape index (κ2) is 7.15. The summed E-state index contributed by atoms with van der Waals surface area (Å²) in [6.45, 7) is 2.49. The van der Waals surface area contributed by atoms with Crippen LogP contribution in [0.3, 0.4) is 0 Å². The lowest BCUT2D eigenvalue weighted by molar-refractivity contribution is -0.692. The number of phenolic OH excluding ortho intramolecular Hbond substituents is 3. The molecule has 0 saturated heterocycles. The maximum Gasteiger partial charge on any atom is 0.128 e. The molecule has 0 amide bonds. The number of benzene rings is 2. The van der Waals surface area contributed by atoms with Crippen molar-refractivity contribution in [1.82, 2.24) is 0 Å². The van der Waals surface area contributed by atoms with Gasteiger partial charge in [-0.2, -0.15) is 0 Å². The van der Waals surface area contributed by atoms with Crippen molar-refractivity contribution in [3.8, 4) is 17.2 Å². The van der Waals surface area contributed by atoms with E-state index in [0.717, 1.165) is 12.0 Å². The molecule has 2 rings (SSSR count). The molecule has 2 aromatic rings. The summed E-state index contributed by atoms with van der Waals surface area (Å²) in [6.07, 6.45) is 0.0541. The molecule has 118 valence electrons. The van der Waals surface area contributed by atoms with Crippen LogP contribution in [0.4, 0.5) is 0 Å². The molecule has 0 aliphatic rings. The molecule has 0 radical (unpaired) electrons. The van der Waals surface area contributed by atoms with Crippen LogP contribution in [0.25, 0.3) is 0 Å². The first-order chi connectivity index (χ1) is 10.4. The minimum Gasteiger partial charge on any atom is -0.508 e. The summed E-state index contributed by atoms with van der Waals surface area (Å²) >= 11 is 0. The van der Waals surface area contributed by atoms with Gasteiger partial charge in [0.2, 0.25) is 0 Å². The van der Waals surface area contributed by atoms with Gasteiger partial charge >= 0.3 is 0 Å². The number of nitrogens with two attached hydrogens (primary N) is 1. The van der Waals surface area contributed by atoms with Crippen molar-refractivity contribution in [1.29, 1.82) is 0 Å². The van der Waals surface area contributed by atoms with Crippen LogP contribution < -0.4 is 5.32 Å². The fourth-order valence-corrected chi connectivity index (χ4v) is 2.39. The van der Waals surface area contributed by atoms with Gasteiger partial charge in [-0.25, -0.2) is 0 Å². The molecule has 0 aromatic heterocycles. The van der Waals surface area contributed by atoms with E-state index in [1.807, 2.05) is 17.4 Å². The third-order valence-electron chi connectivity index (χ3n) is 3.57. The predicted molar refractivity (Wildman–Crippen MR) is 82.8 cm³/mol. The SMILES string of the molecule is C[C@@H](Cc1ccc(O)cc1)[NH2+]C[C@H](O)c1cc(O)cc(O)c1. The first kappa shape index (κ1) is 16.1. The van der Waals surface area contributed by atoms with Crippen molar-refractivity contribution in [2.24, 2.45) is 0 Å². The lowest BCUT2D eigenvalue weighted by atomic mass is 10.1. The van der Waals surface area contributed by atoms with Gasteiger partial charge in [0.05, 0.1) is 6.04 Å². The zero-order chi connectivity index (χ0) is 16.1. The van der Waals surface area contributed by atoms with E-state index >= 15 is 0 Å². The second-order valence-electron chi connectivity index (χ2n) is 5.62. The van der Waals surface area contributed by atoms with Gasteiger partial charge in [0.25, 0.3) is 0 Å². The first-order valence-corrected chi connectivity index (χ1v) is 7.26. The van der Waals surface area contributed by atoms with Gasteiger partial charge in [0.15, 0.2) is 0 Å². The normalized spacial score (nSPS) is 13.7. The third kappa shape index (κ3) is 4.65. The molecule has 0 unspecified atom stereocenters. The van der Waals surface area contributed by atoms with Gasteiger partial charge in [-0.05, 0) is 42.3 Å². The van der Waals surface area contributed by atoms with Crippen molar-refractivity contribution in [3.05, 3.63) is 53.6 Å². The van der Waals surface area contributed by atoms with E-state index in [-0.39, 0.29) is 23.3 Å². The highest BCUT2D eigenvalue weighted by molar-refractivity contribution is 5.37. The van der Waals surface area contributed by atoms with Crippen molar-refractivity contribution in [2.45, 2.75) is 25.5 Å². The molecule has 2 aromatic carbocycles. The molecule has 22 heavy (non-hydrogen) atoms. The number of rotatable bonds is 6. The largest absolute Gasteiger partial charge is 0.508 e. The first-order valence-electron chi connectivity index (χ1n) is 7.26. The van der Waals surface area contributed by atoms with Crippen molar-refractivity contribution in [3.63, 3.8) is 0 Å². The van der Waals surface area contributed by atoms with Crippen LogP contribution in [0.15, 0.2) is 42.5 Å². The lowest BCUT2D eigenvalue weighted by Gasteiger charge is -2.15. The van der Waals surface area contributed by atoms with Crippen molar-refractivity contribution in [2.75, 3.05) is 6.54 Å². The van der Waals surface area contributed by atoms with Crippen LogP contribution in [-0.4, -0.2) is 33.0 Å². The molecule has 6 N–H and O–H groups in total. The number of hydrogen-bond acceptors (Lipinski definition) is 4. The molecule has 0 heterocycles. The Morgan fingerprint density at radius 3 is 2.09 bits per heavy atom. The molecule has 5 heteroatoms. The van der Waals surface area contributed by atoms with Crippen LogP contribution in [0.2, 0.25) is 0 Å². The highest BCUT2D eigenvalue weighted by Gasteiger charge is 2.14. The molecule has 0 saturated carbocycles. The van der Waals surface area contributed by atoms with Gasteiger partial charge in [-0.3, -0.25) is 0 Å².